The Bertz CT molecular complexity index is 547. The summed E-state index contributed by atoms with van der Waals surface area (Å²) >= 11 is 0. The van der Waals surface area contributed by atoms with E-state index >= 15 is 0 Å². The molecule has 0 bridgehead atoms. The molecule has 0 radical (unpaired) electrons. The number of nitrogens with one attached hydrogen (secondary N) is 2. The van der Waals surface area contributed by atoms with Gasteiger partial charge in [-0.2, -0.15) is 0 Å². The molecule has 1 aromatic rings. The van der Waals surface area contributed by atoms with Crippen molar-refractivity contribution in [1.29, 1.82) is 0 Å². The van der Waals surface area contributed by atoms with Crippen LogP contribution in [0.4, 0.5) is 11.4 Å². The van der Waals surface area contributed by atoms with Crippen molar-refractivity contribution in [2.75, 3.05) is 25.5 Å². The van der Waals surface area contributed by atoms with Crippen LogP contribution in [0.25, 0.3) is 0 Å². The molecular formula is C14H19N3O4. The van der Waals surface area contributed by atoms with E-state index in [0.717, 1.165) is 6.42 Å². The molecule has 2 atom stereocenters. The predicted molar refractivity (Wildman–Crippen MR) is 78.5 cm³/mol. The number of para-hydroxylation sites is 1. The Balaban J connectivity index is 2.13. The molecule has 2 unspecified atom stereocenters. The standard InChI is InChI=1S/C14H19N3O4/c1-9-10(6-7-21-9)8-16-14(18)11-4-3-5-12(15-2)13(11)17(19)20/h3-5,9-10,15H,6-8H2,1-2H3,(H,16,18). The number of hydrogen-bond donors (Lipinski definition) is 2. The van der Waals surface area contributed by atoms with Crippen LogP contribution in [0.2, 0.25) is 0 Å². The molecule has 1 heterocycles. The Hall–Kier alpha value is -2.15. The fourth-order valence-corrected chi connectivity index (χ4v) is 2.49. The summed E-state index contributed by atoms with van der Waals surface area (Å²) in [6.45, 7) is 3.12. The smallest absolute Gasteiger partial charge is 0.305 e. The molecule has 0 aromatic heterocycles. The monoisotopic (exact) mass is 293 g/mol. The summed E-state index contributed by atoms with van der Waals surface area (Å²) in [6.07, 6.45) is 0.990. The molecule has 1 fully saturated rings. The number of anilines is 1. The van der Waals surface area contributed by atoms with Gasteiger partial charge in [-0.05, 0) is 25.5 Å². The Labute approximate surface area is 122 Å². The van der Waals surface area contributed by atoms with Crippen molar-refractivity contribution in [2.24, 2.45) is 5.92 Å². The van der Waals surface area contributed by atoms with Gasteiger partial charge in [0.15, 0.2) is 0 Å². The molecule has 7 heteroatoms. The van der Waals surface area contributed by atoms with E-state index in [2.05, 4.69) is 10.6 Å². The molecular weight excluding hydrogens is 274 g/mol. The normalized spacial score (nSPS) is 21.0. The number of nitrogens with zero attached hydrogens (tertiary/aromatic N) is 1. The molecule has 2 N–H and O–H groups in total. The van der Waals surface area contributed by atoms with Gasteiger partial charge in [-0.25, -0.2) is 0 Å². The zero-order valence-electron chi connectivity index (χ0n) is 12.1. The zero-order chi connectivity index (χ0) is 15.4. The highest BCUT2D eigenvalue weighted by atomic mass is 16.6. The number of carbonyl (C=O) groups excluding carboxylic acids is 1. The Morgan fingerprint density at radius 1 is 1.52 bits per heavy atom. The highest BCUT2D eigenvalue weighted by Crippen LogP contribution is 2.28. The Morgan fingerprint density at radius 3 is 2.86 bits per heavy atom. The summed E-state index contributed by atoms with van der Waals surface area (Å²) < 4.78 is 5.43. The quantitative estimate of drug-likeness (QED) is 0.637. The van der Waals surface area contributed by atoms with Crippen LogP contribution in [0.1, 0.15) is 23.7 Å². The first-order chi connectivity index (χ1) is 10.0. The maximum absolute atomic E-state index is 12.2. The molecule has 0 aliphatic carbocycles. The summed E-state index contributed by atoms with van der Waals surface area (Å²) in [5, 5.41) is 16.7. The minimum atomic E-state index is -0.540. The first-order valence-electron chi connectivity index (χ1n) is 6.89. The minimum absolute atomic E-state index is 0.0680. The lowest BCUT2D eigenvalue weighted by molar-refractivity contribution is -0.384. The molecule has 0 spiro atoms. The van der Waals surface area contributed by atoms with E-state index in [4.69, 9.17) is 4.74 Å². The van der Waals surface area contributed by atoms with E-state index < -0.39 is 10.8 Å². The lowest BCUT2D eigenvalue weighted by Crippen LogP contribution is -2.32. The van der Waals surface area contributed by atoms with Crippen LogP contribution in [-0.2, 0) is 4.74 Å². The molecule has 21 heavy (non-hydrogen) atoms. The summed E-state index contributed by atoms with van der Waals surface area (Å²) in [5.41, 5.74) is 0.192. The maximum atomic E-state index is 12.2. The first-order valence-corrected chi connectivity index (χ1v) is 6.89. The molecule has 1 amide bonds. The van der Waals surface area contributed by atoms with E-state index in [1.54, 1.807) is 19.2 Å². The van der Waals surface area contributed by atoms with Gasteiger partial charge in [0.2, 0.25) is 0 Å². The van der Waals surface area contributed by atoms with E-state index in [1.807, 2.05) is 6.92 Å². The second-order valence-electron chi connectivity index (χ2n) is 5.04. The van der Waals surface area contributed by atoms with E-state index in [9.17, 15) is 14.9 Å². The molecule has 1 aliphatic heterocycles. The van der Waals surface area contributed by atoms with Crippen molar-refractivity contribution < 1.29 is 14.5 Å². The largest absolute Gasteiger partial charge is 0.383 e. The predicted octanol–water partition coefficient (Wildman–Crippen LogP) is 1.79. The number of ether oxygens (including phenoxy) is 1. The second kappa shape index (κ2) is 6.53. The number of nitro groups is 1. The van der Waals surface area contributed by atoms with Crippen LogP contribution in [-0.4, -0.2) is 37.1 Å². The van der Waals surface area contributed by atoms with Crippen molar-refractivity contribution in [3.05, 3.63) is 33.9 Å². The van der Waals surface area contributed by atoms with Gasteiger partial charge < -0.3 is 15.4 Å². The van der Waals surface area contributed by atoms with Gasteiger partial charge in [0, 0.05) is 26.1 Å². The fraction of sp³-hybridized carbons (Fsp3) is 0.500. The average Bonchev–Trinajstić information content (AvgIpc) is 2.89. The number of carbonyl (C=O) groups is 1. The fourth-order valence-electron chi connectivity index (χ4n) is 2.49. The summed E-state index contributed by atoms with van der Waals surface area (Å²) in [4.78, 5) is 22.9. The molecule has 1 aliphatic rings. The number of hydrogen-bond acceptors (Lipinski definition) is 5. The molecule has 0 saturated carbocycles. The maximum Gasteiger partial charge on any atom is 0.305 e. The molecule has 1 aromatic carbocycles. The molecule has 114 valence electrons. The van der Waals surface area contributed by atoms with E-state index in [-0.39, 0.29) is 23.3 Å². The summed E-state index contributed by atoms with van der Waals surface area (Å²) in [6, 6.07) is 4.65. The molecule has 2 rings (SSSR count). The minimum Gasteiger partial charge on any atom is -0.383 e. The highest BCUT2D eigenvalue weighted by molar-refractivity contribution is 6.00. The van der Waals surface area contributed by atoms with Crippen molar-refractivity contribution in [3.8, 4) is 0 Å². The van der Waals surface area contributed by atoms with Crippen LogP contribution in [0.15, 0.2) is 18.2 Å². The van der Waals surface area contributed by atoms with Crippen LogP contribution >= 0.6 is 0 Å². The van der Waals surface area contributed by atoms with Gasteiger partial charge in [-0.3, -0.25) is 14.9 Å². The SMILES string of the molecule is CNc1cccc(C(=O)NCC2CCOC2C)c1[N+](=O)[O-]. The Kier molecular flexibility index (Phi) is 4.74. The van der Waals surface area contributed by atoms with Gasteiger partial charge in [0.1, 0.15) is 11.3 Å². The van der Waals surface area contributed by atoms with Crippen LogP contribution < -0.4 is 10.6 Å². The number of nitro benzene ring substituents is 1. The zero-order valence-corrected chi connectivity index (χ0v) is 12.1. The highest BCUT2D eigenvalue weighted by Gasteiger charge is 2.27. The van der Waals surface area contributed by atoms with Crippen molar-refractivity contribution in [1.82, 2.24) is 5.32 Å². The lowest BCUT2D eigenvalue weighted by atomic mass is 10.0. The number of amides is 1. The van der Waals surface area contributed by atoms with Crippen LogP contribution in [0, 0.1) is 16.0 Å². The third-order valence-corrected chi connectivity index (χ3v) is 3.79. The summed E-state index contributed by atoms with van der Waals surface area (Å²) in [7, 11) is 1.58. The lowest BCUT2D eigenvalue weighted by Gasteiger charge is -2.15. The number of benzene rings is 1. The first kappa shape index (κ1) is 15.2. The third-order valence-electron chi connectivity index (χ3n) is 3.79. The van der Waals surface area contributed by atoms with Crippen molar-refractivity contribution in [2.45, 2.75) is 19.4 Å². The van der Waals surface area contributed by atoms with Gasteiger partial charge in [-0.1, -0.05) is 6.07 Å². The van der Waals surface area contributed by atoms with Crippen LogP contribution in [0.5, 0.6) is 0 Å². The average molecular weight is 293 g/mol. The van der Waals surface area contributed by atoms with Crippen LogP contribution in [0.3, 0.4) is 0 Å². The van der Waals surface area contributed by atoms with Gasteiger partial charge in [0.25, 0.3) is 5.91 Å². The van der Waals surface area contributed by atoms with E-state index in [1.165, 1.54) is 6.07 Å². The van der Waals surface area contributed by atoms with E-state index in [0.29, 0.717) is 18.8 Å². The third kappa shape index (κ3) is 3.30. The molecule has 1 saturated heterocycles. The number of rotatable bonds is 5. The van der Waals surface area contributed by atoms with Gasteiger partial charge in [0.05, 0.1) is 11.0 Å². The van der Waals surface area contributed by atoms with Gasteiger partial charge in [-0.15, -0.1) is 0 Å². The van der Waals surface area contributed by atoms with Gasteiger partial charge >= 0.3 is 5.69 Å². The van der Waals surface area contributed by atoms with Crippen molar-refractivity contribution >= 4 is 17.3 Å². The summed E-state index contributed by atoms with van der Waals surface area (Å²) in [5.74, 6) is -0.182. The second-order valence-corrected chi connectivity index (χ2v) is 5.04. The Morgan fingerprint density at radius 2 is 2.29 bits per heavy atom. The van der Waals surface area contributed by atoms with Crippen molar-refractivity contribution in [3.63, 3.8) is 0 Å². The molecule has 7 nitrogen and oxygen atoms in total. The topological polar surface area (TPSA) is 93.5 Å².